The molecule has 0 radical (unpaired) electrons. The van der Waals surface area contributed by atoms with Crippen molar-refractivity contribution in [1.82, 2.24) is 9.88 Å². The molecule has 1 amide bonds. The first-order chi connectivity index (χ1) is 10.0. The average molecular weight is 348 g/mol. The predicted octanol–water partition coefficient (Wildman–Crippen LogP) is 3.32. The molecule has 1 atom stereocenters. The summed E-state index contributed by atoms with van der Waals surface area (Å²) in [5.74, 6) is -0.901. The van der Waals surface area contributed by atoms with Crippen LogP contribution in [0.5, 0.6) is 0 Å². The normalized spacial score (nSPS) is 11.5. The number of carbonyl (C=O) groups excluding carboxylic acids is 1. The summed E-state index contributed by atoms with van der Waals surface area (Å²) in [4.78, 5) is 17.4. The summed E-state index contributed by atoms with van der Waals surface area (Å²) in [7, 11) is 1.47. The van der Waals surface area contributed by atoms with Gasteiger partial charge in [0.05, 0.1) is 6.07 Å². The molecule has 2 rings (SSSR count). The van der Waals surface area contributed by atoms with Crippen molar-refractivity contribution in [2.75, 3.05) is 7.05 Å². The third-order valence-electron chi connectivity index (χ3n) is 3.01. The zero-order valence-corrected chi connectivity index (χ0v) is 12.7. The van der Waals surface area contributed by atoms with Gasteiger partial charge in [-0.2, -0.15) is 5.26 Å². The molecule has 4 nitrogen and oxygen atoms in total. The van der Waals surface area contributed by atoms with Gasteiger partial charge in [-0.05, 0) is 30.3 Å². The monoisotopic (exact) mass is 347 g/mol. The lowest BCUT2D eigenvalue weighted by atomic mass is 10.1. The van der Waals surface area contributed by atoms with Gasteiger partial charge < -0.3 is 4.90 Å². The fourth-order valence-corrected chi connectivity index (χ4v) is 2.28. The lowest BCUT2D eigenvalue weighted by molar-refractivity contribution is 0.0761. The van der Waals surface area contributed by atoms with Crippen molar-refractivity contribution in [1.29, 1.82) is 5.26 Å². The molecule has 1 aromatic carbocycles. The van der Waals surface area contributed by atoms with E-state index in [1.54, 1.807) is 12.1 Å². The lowest BCUT2D eigenvalue weighted by Gasteiger charge is -2.23. The van der Waals surface area contributed by atoms with Gasteiger partial charge in [0.2, 0.25) is 0 Å². The first-order valence-corrected chi connectivity index (χ1v) is 6.85. The summed E-state index contributed by atoms with van der Waals surface area (Å²) in [6.45, 7) is 0. The zero-order valence-electron chi connectivity index (χ0n) is 11.1. The van der Waals surface area contributed by atoms with Crippen molar-refractivity contribution in [3.05, 3.63) is 64.1 Å². The zero-order chi connectivity index (χ0) is 15.4. The van der Waals surface area contributed by atoms with Gasteiger partial charge in [-0.1, -0.05) is 15.9 Å². The number of hydrogen-bond acceptors (Lipinski definition) is 3. The molecule has 0 fully saturated rings. The number of hydrogen-bond donors (Lipinski definition) is 0. The van der Waals surface area contributed by atoms with Crippen molar-refractivity contribution in [3.63, 3.8) is 0 Å². The van der Waals surface area contributed by atoms with Crippen LogP contribution in [0.25, 0.3) is 0 Å². The van der Waals surface area contributed by atoms with Crippen LogP contribution < -0.4 is 0 Å². The average Bonchev–Trinajstić information content (AvgIpc) is 2.51. The molecule has 0 saturated carbocycles. The van der Waals surface area contributed by atoms with Crippen LogP contribution in [0.3, 0.4) is 0 Å². The van der Waals surface area contributed by atoms with Crippen molar-refractivity contribution in [2.45, 2.75) is 6.04 Å². The van der Waals surface area contributed by atoms with E-state index in [0.29, 0.717) is 10.0 Å². The van der Waals surface area contributed by atoms with Crippen LogP contribution in [0, 0.1) is 17.1 Å². The number of pyridine rings is 1. The fourth-order valence-electron chi connectivity index (χ4n) is 1.90. The smallest absolute Gasteiger partial charge is 0.255 e. The molecule has 1 heterocycles. The SMILES string of the molecule is CN(C(=O)c1ccncc1)C(C#N)c1cc(Br)ccc1F. The molecular weight excluding hydrogens is 337 g/mol. The summed E-state index contributed by atoms with van der Waals surface area (Å²) in [5, 5.41) is 9.32. The number of carbonyl (C=O) groups is 1. The van der Waals surface area contributed by atoms with Crippen LogP contribution in [0.1, 0.15) is 22.0 Å². The van der Waals surface area contributed by atoms with Gasteiger partial charge in [0, 0.05) is 35.0 Å². The standard InChI is InChI=1S/C15H11BrFN3O/c1-20(15(21)10-4-6-19-7-5-10)14(9-18)12-8-11(16)2-3-13(12)17/h2-8,14H,1H3. The lowest BCUT2D eigenvalue weighted by Crippen LogP contribution is -2.31. The van der Waals surface area contributed by atoms with E-state index >= 15 is 0 Å². The molecule has 106 valence electrons. The molecule has 2 aromatic rings. The third-order valence-corrected chi connectivity index (χ3v) is 3.50. The number of nitriles is 1. The maximum Gasteiger partial charge on any atom is 0.255 e. The van der Waals surface area contributed by atoms with Crippen molar-refractivity contribution < 1.29 is 9.18 Å². The summed E-state index contributed by atoms with van der Waals surface area (Å²) in [5.41, 5.74) is 0.542. The first-order valence-electron chi connectivity index (χ1n) is 6.06. The van der Waals surface area contributed by atoms with E-state index in [1.165, 1.54) is 42.5 Å². The number of aromatic nitrogens is 1. The van der Waals surface area contributed by atoms with Gasteiger partial charge in [0.15, 0.2) is 0 Å². The number of halogens is 2. The maximum absolute atomic E-state index is 13.9. The molecule has 0 aliphatic rings. The Labute approximate surface area is 130 Å². The van der Waals surface area contributed by atoms with E-state index < -0.39 is 11.9 Å². The molecule has 0 aliphatic carbocycles. The van der Waals surface area contributed by atoms with E-state index in [2.05, 4.69) is 20.9 Å². The largest absolute Gasteiger partial charge is 0.322 e. The van der Waals surface area contributed by atoms with E-state index in [0.717, 1.165) is 0 Å². The van der Waals surface area contributed by atoms with Crippen molar-refractivity contribution >= 4 is 21.8 Å². The van der Waals surface area contributed by atoms with Gasteiger partial charge in [-0.15, -0.1) is 0 Å². The van der Waals surface area contributed by atoms with Gasteiger partial charge in [0.25, 0.3) is 5.91 Å². The summed E-state index contributed by atoms with van der Waals surface area (Å²) in [6.07, 6.45) is 2.98. The Morgan fingerprint density at radius 1 is 1.38 bits per heavy atom. The highest BCUT2D eigenvalue weighted by molar-refractivity contribution is 9.10. The molecule has 21 heavy (non-hydrogen) atoms. The second kappa shape index (κ2) is 6.46. The quantitative estimate of drug-likeness (QED) is 0.855. The van der Waals surface area contributed by atoms with Gasteiger partial charge in [0.1, 0.15) is 11.9 Å². The number of nitrogens with zero attached hydrogens (tertiary/aromatic N) is 3. The van der Waals surface area contributed by atoms with Crippen molar-refractivity contribution in [2.24, 2.45) is 0 Å². The second-order valence-electron chi connectivity index (χ2n) is 4.35. The number of rotatable bonds is 3. The Balaban J connectivity index is 2.36. The molecule has 0 aliphatic heterocycles. The molecule has 6 heteroatoms. The fraction of sp³-hybridized carbons (Fsp3) is 0.133. The van der Waals surface area contributed by atoms with Crippen LogP contribution in [-0.2, 0) is 0 Å². The van der Waals surface area contributed by atoms with E-state index in [-0.39, 0.29) is 11.5 Å². The van der Waals surface area contributed by atoms with Crippen LogP contribution in [0.4, 0.5) is 4.39 Å². The third kappa shape index (κ3) is 3.26. The van der Waals surface area contributed by atoms with Crippen LogP contribution >= 0.6 is 15.9 Å². The van der Waals surface area contributed by atoms with Crippen LogP contribution in [-0.4, -0.2) is 22.8 Å². The highest BCUT2D eigenvalue weighted by Gasteiger charge is 2.25. The number of benzene rings is 1. The maximum atomic E-state index is 13.9. The number of amides is 1. The molecule has 1 aromatic heterocycles. The van der Waals surface area contributed by atoms with E-state index in [1.807, 2.05) is 6.07 Å². The predicted molar refractivity (Wildman–Crippen MR) is 78.8 cm³/mol. The Hall–Kier alpha value is -2.26. The Morgan fingerprint density at radius 3 is 2.67 bits per heavy atom. The van der Waals surface area contributed by atoms with Gasteiger partial charge in [-0.3, -0.25) is 9.78 Å². The highest BCUT2D eigenvalue weighted by atomic mass is 79.9. The summed E-state index contributed by atoms with van der Waals surface area (Å²) in [6, 6.07) is 8.34. The Kier molecular flexibility index (Phi) is 4.66. The minimum atomic E-state index is -1.01. The Morgan fingerprint density at radius 2 is 2.05 bits per heavy atom. The molecular formula is C15H11BrFN3O. The molecule has 0 saturated heterocycles. The molecule has 0 N–H and O–H groups in total. The minimum absolute atomic E-state index is 0.150. The second-order valence-corrected chi connectivity index (χ2v) is 5.27. The topological polar surface area (TPSA) is 57.0 Å². The molecule has 0 bridgehead atoms. The first kappa shape index (κ1) is 15.1. The Bertz CT molecular complexity index is 700. The van der Waals surface area contributed by atoms with E-state index in [4.69, 9.17) is 0 Å². The van der Waals surface area contributed by atoms with Crippen LogP contribution in [0.15, 0.2) is 47.2 Å². The highest BCUT2D eigenvalue weighted by Crippen LogP contribution is 2.26. The van der Waals surface area contributed by atoms with Crippen LogP contribution in [0.2, 0.25) is 0 Å². The van der Waals surface area contributed by atoms with Gasteiger partial charge in [-0.25, -0.2) is 4.39 Å². The summed E-state index contributed by atoms with van der Waals surface area (Å²) < 4.78 is 14.6. The summed E-state index contributed by atoms with van der Waals surface area (Å²) >= 11 is 3.24. The van der Waals surface area contributed by atoms with Gasteiger partial charge >= 0.3 is 0 Å². The molecule has 0 spiro atoms. The van der Waals surface area contributed by atoms with Crippen molar-refractivity contribution in [3.8, 4) is 6.07 Å². The minimum Gasteiger partial charge on any atom is -0.322 e. The van der Waals surface area contributed by atoms with E-state index in [9.17, 15) is 14.4 Å². The molecule has 1 unspecified atom stereocenters.